The van der Waals surface area contributed by atoms with E-state index in [1.54, 1.807) is 18.2 Å². The molecule has 0 aromatic heterocycles. The predicted octanol–water partition coefficient (Wildman–Crippen LogP) is 4.25. The van der Waals surface area contributed by atoms with Crippen molar-refractivity contribution in [3.8, 4) is 11.5 Å². The number of rotatable bonds is 3. The van der Waals surface area contributed by atoms with Gasteiger partial charge in [-0.25, -0.2) is 0 Å². The number of carbonyl (C=O) groups excluding carboxylic acids is 1. The lowest BCUT2D eigenvalue weighted by molar-refractivity contribution is 0.112. The first-order valence-electron chi connectivity index (χ1n) is 5.19. The number of aryl methyl sites for hydroxylation is 1. The lowest BCUT2D eigenvalue weighted by Gasteiger charge is -2.08. The highest BCUT2D eigenvalue weighted by molar-refractivity contribution is 6.33. The maximum atomic E-state index is 10.6. The molecule has 0 aliphatic rings. The van der Waals surface area contributed by atoms with Crippen molar-refractivity contribution in [3.05, 3.63) is 58.6 Å². The molecule has 17 heavy (non-hydrogen) atoms. The quantitative estimate of drug-likeness (QED) is 0.757. The van der Waals surface area contributed by atoms with Crippen LogP contribution in [0.5, 0.6) is 11.5 Å². The van der Waals surface area contributed by atoms with E-state index in [9.17, 15) is 4.79 Å². The van der Waals surface area contributed by atoms with Crippen molar-refractivity contribution in [2.75, 3.05) is 0 Å². The number of hydrogen-bond acceptors (Lipinski definition) is 2. The van der Waals surface area contributed by atoms with Gasteiger partial charge in [0.2, 0.25) is 0 Å². The van der Waals surface area contributed by atoms with Crippen LogP contribution in [0.15, 0.2) is 42.5 Å². The van der Waals surface area contributed by atoms with Crippen LogP contribution in [0.3, 0.4) is 0 Å². The number of benzene rings is 2. The minimum atomic E-state index is 0.395. The molecular formula is C14H11ClO2. The lowest BCUT2D eigenvalue weighted by atomic mass is 10.2. The van der Waals surface area contributed by atoms with E-state index < -0.39 is 0 Å². The molecule has 0 radical (unpaired) electrons. The molecule has 2 nitrogen and oxygen atoms in total. The van der Waals surface area contributed by atoms with Gasteiger partial charge in [-0.05, 0) is 30.7 Å². The number of ether oxygens (including phenoxy) is 1. The van der Waals surface area contributed by atoms with Crippen molar-refractivity contribution in [1.82, 2.24) is 0 Å². The summed E-state index contributed by atoms with van der Waals surface area (Å²) in [5.41, 5.74) is 1.51. The molecule has 0 heterocycles. The molecule has 0 saturated carbocycles. The summed E-state index contributed by atoms with van der Waals surface area (Å²) in [6, 6.07) is 12.7. The van der Waals surface area contributed by atoms with Gasteiger partial charge in [0.25, 0.3) is 0 Å². The Morgan fingerprint density at radius 3 is 2.59 bits per heavy atom. The van der Waals surface area contributed by atoms with Gasteiger partial charge in [0.1, 0.15) is 11.5 Å². The molecule has 0 N–H and O–H groups in total. The van der Waals surface area contributed by atoms with Crippen molar-refractivity contribution in [1.29, 1.82) is 0 Å². The Labute approximate surface area is 105 Å². The van der Waals surface area contributed by atoms with E-state index >= 15 is 0 Å². The number of carbonyl (C=O) groups is 1. The summed E-state index contributed by atoms with van der Waals surface area (Å²) in [5, 5.41) is 0.395. The van der Waals surface area contributed by atoms with E-state index in [1.165, 1.54) is 0 Å². The zero-order valence-corrected chi connectivity index (χ0v) is 10.1. The first kappa shape index (κ1) is 11.7. The Bertz CT molecular complexity index is 550. The van der Waals surface area contributed by atoms with E-state index in [4.69, 9.17) is 16.3 Å². The van der Waals surface area contributed by atoms with E-state index in [-0.39, 0.29) is 0 Å². The lowest BCUT2D eigenvalue weighted by Crippen LogP contribution is -1.88. The SMILES string of the molecule is Cc1ccccc1Oc1ccc(C=O)c(Cl)c1. The third-order valence-electron chi connectivity index (χ3n) is 2.42. The Kier molecular flexibility index (Phi) is 3.45. The minimum Gasteiger partial charge on any atom is -0.457 e. The molecule has 86 valence electrons. The fourth-order valence-corrected chi connectivity index (χ4v) is 1.68. The predicted molar refractivity (Wildman–Crippen MR) is 68.1 cm³/mol. The summed E-state index contributed by atoms with van der Waals surface area (Å²) in [7, 11) is 0. The Morgan fingerprint density at radius 1 is 1.18 bits per heavy atom. The summed E-state index contributed by atoms with van der Waals surface area (Å²) >= 11 is 5.92. The molecule has 0 bridgehead atoms. The van der Waals surface area contributed by atoms with Gasteiger partial charge >= 0.3 is 0 Å². The molecule has 0 amide bonds. The van der Waals surface area contributed by atoms with Crippen LogP contribution in [-0.4, -0.2) is 6.29 Å². The minimum absolute atomic E-state index is 0.395. The molecular weight excluding hydrogens is 236 g/mol. The molecule has 0 unspecified atom stereocenters. The van der Waals surface area contributed by atoms with E-state index in [0.717, 1.165) is 17.6 Å². The average molecular weight is 247 g/mol. The molecule has 2 aromatic carbocycles. The van der Waals surface area contributed by atoms with E-state index in [0.29, 0.717) is 16.3 Å². The van der Waals surface area contributed by atoms with Crippen LogP contribution < -0.4 is 4.74 Å². The van der Waals surface area contributed by atoms with Gasteiger partial charge in [0.15, 0.2) is 6.29 Å². The standard InChI is InChI=1S/C14H11ClO2/c1-10-4-2-3-5-14(10)17-12-7-6-11(9-16)13(15)8-12/h2-9H,1H3. The van der Waals surface area contributed by atoms with Crippen molar-refractivity contribution in [3.63, 3.8) is 0 Å². The van der Waals surface area contributed by atoms with Crippen molar-refractivity contribution < 1.29 is 9.53 Å². The molecule has 2 rings (SSSR count). The Morgan fingerprint density at radius 2 is 1.94 bits per heavy atom. The fraction of sp³-hybridized carbons (Fsp3) is 0.0714. The molecule has 0 spiro atoms. The van der Waals surface area contributed by atoms with Gasteiger partial charge < -0.3 is 4.74 Å². The summed E-state index contributed by atoms with van der Waals surface area (Å²) in [5.74, 6) is 1.40. The van der Waals surface area contributed by atoms with Crippen molar-refractivity contribution in [2.45, 2.75) is 6.92 Å². The normalized spacial score (nSPS) is 10.0. The number of aldehydes is 1. The van der Waals surface area contributed by atoms with Gasteiger partial charge in [-0.2, -0.15) is 0 Å². The van der Waals surface area contributed by atoms with Gasteiger partial charge in [-0.1, -0.05) is 29.8 Å². The van der Waals surface area contributed by atoms with Crippen LogP contribution in [0, 0.1) is 6.92 Å². The molecule has 2 aromatic rings. The van der Waals surface area contributed by atoms with Crippen molar-refractivity contribution >= 4 is 17.9 Å². The number of hydrogen-bond donors (Lipinski definition) is 0. The second kappa shape index (κ2) is 5.02. The molecule has 0 saturated heterocycles. The maximum absolute atomic E-state index is 10.6. The summed E-state index contributed by atoms with van der Waals surface area (Å²) in [6.45, 7) is 1.97. The second-order valence-electron chi connectivity index (χ2n) is 3.67. The highest BCUT2D eigenvalue weighted by Crippen LogP contribution is 2.27. The van der Waals surface area contributed by atoms with Gasteiger partial charge in [-0.3, -0.25) is 4.79 Å². The second-order valence-corrected chi connectivity index (χ2v) is 4.08. The van der Waals surface area contributed by atoms with Crippen molar-refractivity contribution in [2.24, 2.45) is 0 Å². The summed E-state index contributed by atoms with van der Waals surface area (Å²) in [6.07, 6.45) is 0.722. The smallest absolute Gasteiger partial charge is 0.151 e. The van der Waals surface area contributed by atoms with Gasteiger partial charge in [0, 0.05) is 11.6 Å². The number of halogens is 1. The molecule has 0 aliphatic carbocycles. The van der Waals surface area contributed by atoms with Crippen LogP contribution in [0.4, 0.5) is 0 Å². The topological polar surface area (TPSA) is 26.3 Å². The van der Waals surface area contributed by atoms with E-state index in [2.05, 4.69) is 0 Å². The molecule has 0 atom stereocenters. The zero-order valence-electron chi connectivity index (χ0n) is 9.31. The van der Waals surface area contributed by atoms with Crippen LogP contribution in [-0.2, 0) is 0 Å². The molecule has 0 aliphatic heterocycles. The van der Waals surface area contributed by atoms with Crippen LogP contribution >= 0.6 is 11.6 Å². The maximum Gasteiger partial charge on any atom is 0.151 e. The third kappa shape index (κ3) is 2.66. The van der Waals surface area contributed by atoms with Crippen LogP contribution in [0.25, 0.3) is 0 Å². The first-order valence-corrected chi connectivity index (χ1v) is 5.56. The largest absolute Gasteiger partial charge is 0.457 e. The first-order chi connectivity index (χ1) is 8.20. The Balaban J connectivity index is 2.28. The molecule has 3 heteroatoms. The summed E-state index contributed by atoms with van der Waals surface area (Å²) < 4.78 is 5.69. The van der Waals surface area contributed by atoms with E-state index in [1.807, 2.05) is 31.2 Å². The highest BCUT2D eigenvalue weighted by atomic mass is 35.5. The average Bonchev–Trinajstić information content (AvgIpc) is 2.32. The zero-order chi connectivity index (χ0) is 12.3. The van der Waals surface area contributed by atoms with Gasteiger partial charge in [-0.15, -0.1) is 0 Å². The monoisotopic (exact) mass is 246 g/mol. The van der Waals surface area contributed by atoms with Gasteiger partial charge in [0.05, 0.1) is 5.02 Å². The number of para-hydroxylation sites is 1. The summed E-state index contributed by atoms with van der Waals surface area (Å²) in [4.78, 5) is 10.6. The van der Waals surface area contributed by atoms with Crippen LogP contribution in [0.1, 0.15) is 15.9 Å². The van der Waals surface area contributed by atoms with Crippen LogP contribution in [0.2, 0.25) is 5.02 Å². The third-order valence-corrected chi connectivity index (χ3v) is 2.75. The molecule has 0 fully saturated rings. The highest BCUT2D eigenvalue weighted by Gasteiger charge is 2.04. The Hall–Kier alpha value is -1.80. The fourth-order valence-electron chi connectivity index (χ4n) is 1.46.